The maximum Gasteiger partial charge on any atom is 0.124 e. The van der Waals surface area contributed by atoms with Crippen LogP contribution >= 0.6 is 11.6 Å². The first-order valence-corrected chi connectivity index (χ1v) is 7.62. The second kappa shape index (κ2) is 5.21. The van der Waals surface area contributed by atoms with Crippen molar-refractivity contribution in [1.29, 1.82) is 0 Å². The van der Waals surface area contributed by atoms with Gasteiger partial charge in [0.2, 0.25) is 0 Å². The van der Waals surface area contributed by atoms with Crippen molar-refractivity contribution in [2.75, 3.05) is 7.11 Å². The van der Waals surface area contributed by atoms with Crippen LogP contribution < -0.4 is 4.74 Å². The van der Waals surface area contributed by atoms with Crippen LogP contribution in [0.5, 0.6) is 11.5 Å². The zero-order valence-corrected chi connectivity index (χ0v) is 13.2. The summed E-state index contributed by atoms with van der Waals surface area (Å²) >= 11 is 6.14. The first kappa shape index (κ1) is 14.0. The zero-order valence-electron chi connectivity index (χ0n) is 12.4. The highest BCUT2D eigenvalue weighted by atomic mass is 35.5. The molecule has 0 aliphatic heterocycles. The van der Waals surface area contributed by atoms with Gasteiger partial charge in [-0.2, -0.15) is 0 Å². The molecule has 0 saturated carbocycles. The molecule has 4 rings (SSSR count). The molecule has 3 nitrogen and oxygen atoms in total. The van der Waals surface area contributed by atoms with Crippen LogP contribution in [0.3, 0.4) is 0 Å². The number of phenolic OH excluding ortho intramolecular Hbond substituents is 1. The summed E-state index contributed by atoms with van der Waals surface area (Å²) in [6.07, 6.45) is 1.90. The summed E-state index contributed by atoms with van der Waals surface area (Å²) in [5.74, 6) is 1.03. The summed E-state index contributed by atoms with van der Waals surface area (Å²) in [6, 6.07) is 15.1. The van der Waals surface area contributed by atoms with Crippen molar-refractivity contribution in [3.8, 4) is 22.6 Å². The Labute approximate surface area is 138 Å². The quantitative estimate of drug-likeness (QED) is 0.522. The van der Waals surface area contributed by atoms with Gasteiger partial charge in [0.15, 0.2) is 0 Å². The highest BCUT2D eigenvalue weighted by molar-refractivity contribution is 6.31. The van der Waals surface area contributed by atoms with Gasteiger partial charge >= 0.3 is 0 Å². The van der Waals surface area contributed by atoms with Crippen molar-refractivity contribution in [3.05, 3.63) is 59.8 Å². The molecule has 1 aromatic heterocycles. The maximum absolute atomic E-state index is 10.5. The van der Waals surface area contributed by atoms with Crippen LogP contribution in [0.15, 0.2) is 54.7 Å². The molecule has 0 aliphatic carbocycles. The number of methoxy groups -OCH3 is 1. The SMILES string of the molecule is COc1ccc2c(-c3c[nH]c4ccc(Cl)cc34)c(O)ccc2c1. The number of nitrogens with one attached hydrogen (secondary N) is 1. The number of halogens is 1. The van der Waals surface area contributed by atoms with E-state index < -0.39 is 0 Å². The summed E-state index contributed by atoms with van der Waals surface area (Å²) in [5, 5.41) is 14.1. The Hall–Kier alpha value is -2.65. The highest BCUT2D eigenvalue weighted by Crippen LogP contribution is 2.41. The molecule has 4 heteroatoms. The minimum absolute atomic E-state index is 0.239. The van der Waals surface area contributed by atoms with E-state index >= 15 is 0 Å². The fraction of sp³-hybridized carbons (Fsp3) is 0.0526. The lowest BCUT2D eigenvalue weighted by molar-refractivity contribution is 0.415. The molecule has 0 saturated heterocycles. The van der Waals surface area contributed by atoms with E-state index in [0.717, 1.165) is 38.6 Å². The molecule has 3 aromatic carbocycles. The molecule has 0 bridgehead atoms. The number of ether oxygens (including phenoxy) is 1. The summed E-state index contributed by atoms with van der Waals surface area (Å²) < 4.78 is 5.28. The van der Waals surface area contributed by atoms with E-state index in [1.54, 1.807) is 13.2 Å². The van der Waals surface area contributed by atoms with E-state index in [9.17, 15) is 5.11 Å². The Balaban J connectivity index is 2.07. The number of hydrogen-bond acceptors (Lipinski definition) is 2. The van der Waals surface area contributed by atoms with E-state index in [1.165, 1.54) is 0 Å². The van der Waals surface area contributed by atoms with Crippen molar-refractivity contribution in [1.82, 2.24) is 4.98 Å². The number of H-pyrrole nitrogens is 1. The zero-order chi connectivity index (χ0) is 16.0. The van der Waals surface area contributed by atoms with Crippen LogP contribution in [-0.2, 0) is 0 Å². The third-order valence-electron chi connectivity index (χ3n) is 4.12. The second-order valence-electron chi connectivity index (χ2n) is 5.44. The number of rotatable bonds is 2. The van der Waals surface area contributed by atoms with Crippen molar-refractivity contribution in [2.45, 2.75) is 0 Å². The van der Waals surface area contributed by atoms with Gasteiger partial charge in [0.1, 0.15) is 11.5 Å². The molecule has 2 N–H and O–H groups in total. The molecule has 4 aromatic rings. The first-order valence-electron chi connectivity index (χ1n) is 7.24. The van der Waals surface area contributed by atoms with Gasteiger partial charge in [-0.25, -0.2) is 0 Å². The molecular formula is C19H14ClNO2. The summed E-state index contributed by atoms with van der Waals surface area (Å²) in [6.45, 7) is 0. The lowest BCUT2D eigenvalue weighted by Crippen LogP contribution is -1.85. The fourth-order valence-electron chi connectivity index (χ4n) is 3.01. The molecule has 114 valence electrons. The van der Waals surface area contributed by atoms with Gasteiger partial charge in [-0.1, -0.05) is 17.7 Å². The largest absolute Gasteiger partial charge is 0.507 e. The number of aromatic hydroxyl groups is 1. The van der Waals surface area contributed by atoms with E-state index in [2.05, 4.69) is 4.98 Å². The second-order valence-corrected chi connectivity index (χ2v) is 5.88. The van der Waals surface area contributed by atoms with Gasteiger partial charge < -0.3 is 14.8 Å². The van der Waals surface area contributed by atoms with Crippen LogP contribution in [0, 0.1) is 0 Å². The third kappa shape index (κ3) is 2.21. The van der Waals surface area contributed by atoms with Gasteiger partial charge in [-0.3, -0.25) is 0 Å². The molecule has 0 atom stereocenters. The third-order valence-corrected chi connectivity index (χ3v) is 4.35. The Morgan fingerprint density at radius 2 is 1.87 bits per heavy atom. The minimum atomic E-state index is 0.239. The lowest BCUT2D eigenvalue weighted by atomic mass is 9.96. The Kier molecular flexibility index (Phi) is 3.17. The Morgan fingerprint density at radius 1 is 1.00 bits per heavy atom. The number of fused-ring (bicyclic) bond motifs is 2. The number of phenols is 1. The molecule has 1 heterocycles. The molecule has 0 fully saturated rings. The average molecular weight is 324 g/mol. The molecule has 0 amide bonds. The smallest absolute Gasteiger partial charge is 0.124 e. The minimum Gasteiger partial charge on any atom is -0.507 e. The van der Waals surface area contributed by atoms with E-state index in [1.807, 2.05) is 48.7 Å². The highest BCUT2D eigenvalue weighted by Gasteiger charge is 2.14. The van der Waals surface area contributed by atoms with Crippen molar-refractivity contribution in [3.63, 3.8) is 0 Å². The van der Waals surface area contributed by atoms with Gasteiger partial charge in [0, 0.05) is 33.2 Å². The van der Waals surface area contributed by atoms with Crippen molar-refractivity contribution >= 4 is 33.3 Å². The average Bonchev–Trinajstić information content (AvgIpc) is 2.97. The topological polar surface area (TPSA) is 45.2 Å². The van der Waals surface area contributed by atoms with Gasteiger partial charge in [0.05, 0.1) is 7.11 Å². The van der Waals surface area contributed by atoms with Crippen LogP contribution in [0.1, 0.15) is 0 Å². The molecule has 0 spiro atoms. The Morgan fingerprint density at radius 3 is 2.70 bits per heavy atom. The normalized spacial score (nSPS) is 11.2. The number of aromatic nitrogens is 1. The molecule has 23 heavy (non-hydrogen) atoms. The fourth-order valence-corrected chi connectivity index (χ4v) is 3.18. The van der Waals surface area contributed by atoms with Crippen LogP contribution in [-0.4, -0.2) is 17.2 Å². The van der Waals surface area contributed by atoms with E-state index in [-0.39, 0.29) is 5.75 Å². The molecule has 0 aliphatic rings. The van der Waals surface area contributed by atoms with Crippen LogP contribution in [0.25, 0.3) is 32.8 Å². The maximum atomic E-state index is 10.5. The van der Waals surface area contributed by atoms with E-state index in [0.29, 0.717) is 5.02 Å². The van der Waals surface area contributed by atoms with Crippen molar-refractivity contribution in [2.24, 2.45) is 0 Å². The molecule has 0 unspecified atom stereocenters. The predicted octanol–water partition coefficient (Wildman–Crippen LogP) is 5.36. The summed E-state index contributed by atoms with van der Waals surface area (Å²) in [5.41, 5.74) is 2.70. The monoisotopic (exact) mass is 323 g/mol. The van der Waals surface area contributed by atoms with Gasteiger partial charge in [0.25, 0.3) is 0 Å². The van der Waals surface area contributed by atoms with Gasteiger partial charge in [-0.05, 0) is 53.2 Å². The van der Waals surface area contributed by atoms with Crippen LogP contribution in [0.4, 0.5) is 0 Å². The lowest BCUT2D eigenvalue weighted by Gasteiger charge is -2.10. The first-order chi connectivity index (χ1) is 11.2. The predicted molar refractivity (Wildman–Crippen MR) is 94.5 cm³/mol. The standard InChI is InChI=1S/C19H14ClNO2/c1-23-13-4-5-14-11(8-13)2-7-18(22)19(14)16-10-21-17-6-3-12(20)9-15(16)17/h2-10,21-22H,1H3. The number of hydrogen-bond donors (Lipinski definition) is 2. The number of aromatic amines is 1. The van der Waals surface area contributed by atoms with Gasteiger partial charge in [-0.15, -0.1) is 0 Å². The Bertz CT molecular complexity index is 1040. The molecular weight excluding hydrogens is 310 g/mol. The number of benzene rings is 3. The summed E-state index contributed by atoms with van der Waals surface area (Å²) in [4.78, 5) is 3.23. The van der Waals surface area contributed by atoms with Crippen LogP contribution in [0.2, 0.25) is 5.02 Å². The van der Waals surface area contributed by atoms with Crippen molar-refractivity contribution < 1.29 is 9.84 Å². The van der Waals surface area contributed by atoms with E-state index in [4.69, 9.17) is 16.3 Å². The summed E-state index contributed by atoms with van der Waals surface area (Å²) in [7, 11) is 1.64. The molecule has 0 radical (unpaired) electrons.